The van der Waals surface area contributed by atoms with Crippen LogP contribution < -0.4 is 0 Å². The van der Waals surface area contributed by atoms with Crippen LogP contribution in [0, 0.1) is 6.92 Å². The molecule has 1 heterocycles. The molecule has 0 N–H and O–H groups in total. The average molecular weight is 372 g/mol. The van der Waals surface area contributed by atoms with Gasteiger partial charge in [-0.05, 0) is 24.6 Å². The molecule has 2 unspecified atom stereocenters. The fraction of sp³-hybridized carbons (Fsp3) is 0.214. The minimum atomic E-state index is -0.356. The number of benzene rings is 1. The third-order valence-electron chi connectivity index (χ3n) is 2.61. The number of furan rings is 1. The number of carbonyl (C=O) groups is 1. The lowest BCUT2D eigenvalue weighted by atomic mass is 10.1. The second kappa shape index (κ2) is 5.85. The molecule has 94 valence electrons. The highest BCUT2D eigenvalue weighted by Gasteiger charge is 2.27. The first kappa shape index (κ1) is 13.6. The van der Waals surface area contributed by atoms with E-state index in [1.807, 2.05) is 37.3 Å². The summed E-state index contributed by atoms with van der Waals surface area (Å²) in [6.45, 7) is 1.82. The monoisotopic (exact) mass is 370 g/mol. The summed E-state index contributed by atoms with van der Waals surface area (Å²) in [5, 5.41) is 0. The van der Waals surface area contributed by atoms with E-state index in [0.29, 0.717) is 5.76 Å². The summed E-state index contributed by atoms with van der Waals surface area (Å²) in [7, 11) is 0. The second-order valence-corrected chi connectivity index (χ2v) is 5.96. The molecular weight excluding hydrogens is 360 g/mol. The summed E-state index contributed by atoms with van der Waals surface area (Å²) in [5.74, 6) is 1.06. The highest BCUT2D eigenvalue weighted by atomic mass is 79.9. The van der Waals surface area contributed by atoms with E-state index < -0.39 is 0 Å². The van der Waals surface area contributed by atoms with Gasteiger partial charge in [-0.1, -0.05) is 62.2 Å². The zero-order valence-corrected chi connectivity index (χ0v) is 12.9. The number of ketones is 1. The van der Waals surface area contributed by atoms with Crippen molar-refractivity contribution in [3.63, 3.8) is 0 Å². The first-order chi connectivity index (χ1) is 8.59. The Balaban J connectivity index is 2.16. The summed E-state index contributed by atoms with van der Waals surface area (Å²) in [6.07, 6.45) is 0. The molecule has 0 aliphatic rings. The van der Waals surface area contributed by atoms with Gasteiger partial charge in [-0.2, -0.15) is 0 Å². The highest BCUT2D eigenvalue weighted by molar-refractivity contribution is 9.12. The molecule has 0 saturated carbocycles. The molecule has 1 aromatic carbocycles. The Labute approximate surface area is 123 Å². The van der Waals surface area contributed by atoms with Crippen LogP contribution in [0.2, 0.25) is 0 Å². The lowest BCUT2D eigenvalue weighted by Crippen LogP contribution is -2.18. The van der Waals surface area contributed by atoms with Crippen molar-refractivity contribution in [1.29, 1.82) is 0 Å². The molecular formula is C14H12Br2O2. The zero-order chi connectivity index (χ0) is 13.1. The maximum atomic E-state index is 12.2. The molecule has 2 atom stereocenters. The van der Waals surface area contributed by atoms with Crippen LogP contribution in [-0.2, 0) is 0 Å². The van der Waals surface area contributed by atoms with E-state index in [0.717, 1.165) is 11.3 Å². The van der Waals surface area contributed by atoms with E-state index in [-0.39, 0.29) is 15.4 Å². The molecule has 2 rings (SSSR count). The minimum Gasteiger partial charge on any atom is -0.458 e. The van der Waals surface area contributed by atoms with Gasteiger partial charge in [0.15, 0.2) is 5.76 Å². The largest absolute Gasteiger partial charge is 0.458 e. The number of Topliss-reactive ketones (excluding diaryl/α,β-unsaturated/α-hetero) is 1. The summed E-state index contributed by atoms with van der Waals surface area (Å²) in [4.78, 5) is 11.8. The summed E-state index contributed by atoms with van der Waals surface area (Å²) < 4.78 is 5.35. The Morgan fingerprint density at radius 2 is 1.78 bits per heavy atom. The summed E-state index contributed by atoms with van der Waals surface area (Å²) >= 11 is 6.98. The Morgan fingerprint density at radius 1 is 1.11 bits per heavy atom. The normalized spacial score (nSPS) is 14.2. The molecule has 0 aliphatic carbocycles. The van der Waals surface area contributed by atoms with Crippen molar-refractivity contribution in [1.82, 2.24) is 0 Å². The first-order valence-corrected chi connectivity index (χ1v) is 7.36. The van der Waals surface area contributed by atoms with E-state index in [4.69, 9.17) is 4.42 Å². The molecule has 1 aromatic heterocycles. The van der Waals surface area contributed by atoms with Gasteiger partial charge >= 0.3 is 0 Å². The Hall–Kier alpha value is -0.870. The maximum absolute atomic E-state index is 12.2. The number of rotatable bonds is 4. The zero-order valence-electron chi connectivity index (χ0n) is 9.77. The van der Waals surface area contributed by atoms with Gasteiger partial charge in [-0.15, -0.1) is 0 Å². The van der Waals surface area contributed by atoms with Crippen molar-refractivity contribution in [2.24, 2.45) is 0 Å². The number of aryl methyl sites for hydroxylation is 1. The average Bonchev–Trinajstić information content (AvgIpc) is 2.84. The van der Waals surface area contributed by atoms with Crippen molar-refractivity contribution >= 4 is 37.6 Å². The highest BCUT2D eigenvalue weighted by Crippen LogP contribution is 2.33. The smallest absolute Gasteiger partial charge is 0.213 e. The Kier molecular flexibility index (Phi) is 4.40. The van der Waals surface area contributed by atoms with Gasteiger partial charge in [-0.25, -0.2) is 0 Å². The summed E-state index contributed by atoms with van der Waals surface area (Å²) in [6, 6.07) is 13.3. The molecule has 0 amide bonds. The predicted octanol–water partition coefficient (Wildman–Crippen LogP) is 4.67. The van der Waals surface area contributed by atoms with Crippen molar-refractivity contribution in [2.75, 3.05) is 0 Å². The van der Waals surface area contributed by atoms with Gasteiger partial charge in [0.1, 0.15) is 5.76 Å². The van der Waals surface area contributed by atoms with Crippen molar-refractivity contribution in [2.45, 2.75) is 16.6 Å². The van der Waals surface area contributed by atoms with E-state index >= 15 is 0 Å². The molecule has 0 bridgehead atoms. The van der Waals surface area contributed by atoms with E-state index in [1.54, 1.807) is 12.1 Å². The number of carbonyl (C=O) groups excluding carboxylic acids is 1. The van der Waals surface area contributed by atoms with Gasteiger partial charge in [0.25, 0.3) is 0 Å². The first-order valence-electron chi connectivity index (χ1n) is 5.53. The van der Waals surface area contributed by atoms with Crippen molar-refractivity contribution < 1.29 is 9.21 Å². The topological polar surface area (TPSA) is 30.2 Å². The molecule has 0 saturated heterocycles. The van der Waals surface area contributed by atoms with Gasteiger partial charge in [0.2, 0.25) is 5.78 Å². The van der Waals surface area contributed by atoms with Crippen LogP contribution in [0.4, 0.5) is 0 Å². The Bertz CT molecular complexity index is 534. The quantitative estimate of drug-likeness (QED) is 0.577. The molecule has 0 fully saturated rings. The molecule has 2 aromatic rings. The van der Waals surface area contributed by atoms with Crippen molar-refractivity contribution in [3.05, 3.63) is 59.5 Å². The second-order valence-electron chi connectivity index (χ2n) is 3.99. The molecule has 18 heavy (non-hydrogen) atoms. The van der Waals surface area contributed by atoms with Crippen molar-refractivity contribution in [3.8, 4) is 0 Å². The van der Waals surface area contributed by atoms with Gasteiger partial charge in [0, 0.05) is 0 Å². The Morgan fingerprint density at radius 3 is 2.33 bits per heavy atom. The molecule has 0 spiro atoms. The predicted molar refractivity (Wildman–Crippen MR) is 78.6 cm³/mol. The molecule has 0 aliphatic heterocycles. The SMILES string of the molecule is Cc1ccc(C(=O)C(Br)C(Br)c2ccccc2)o1. The van der Waals surface area contributed by atoms with E-state index in [1.165, 1.54) is 0 Å². The van der Waals surface area contributed by atoms with E-state index in [9.17, 15) is 4.79 Å². The third-order valence-corrected chi connectivity index (χ3v) is 5.32. The fourth-order valence-electron chi connectivity index (χ4n) is 1.64. The lowest BCUT2D eigenvalue weighted by molar-refractivity contribution is 0.0963. The fourth-order valence-corrected chi connectivity index (χ4v) is 2.72. The van der Waals surface area contributed by atoms with Crippen LogP contribution in [0.15, 0.2) is 46.9 Å². The van der Waals surface area contributed by atoms with Crippen LogP contribution in [0.25, 0.3) is 0 Å². The van der Waals surface area contributed by atoms with Crippen LogP contribution in [0.5, 0.6) is 0 Å². The standard InChI is InChI=1S/C14H12Br2O2/c1-9-7-8-11(18-9)14(17)13(16)12(15)10-5-3-2-4-6-10/h2-8,12-13H,1H3. The molecule has 0 radical (unpaired) electrons. The van der Waals surface area contributed by atoms with Crippen LogP contribution >= 0.6 is 31.9 Å². The number of halogens is 2. The molecule has 2 nitrogen and oxygen atoms in total. The molecule has 4 heteroatoms. The minimum absolute atomic E-state index is 0.0613. The van der Waals surface area contributed by atoms with E-state index in [2.05, 4.69) is 31.9 Å². The number of hydrogen-bond donors (Lipinski definition) is 0. The van der Waals surface area contributed by atoms with Gasteiger partial charge in [0.05, 0.1) is 9.65 Å². The van der Waals surface area contributed by atoms with Crippen LogP contribution in [0.3, 0.4) is 0 Å². The summed E-state index contributed by atoms with van der Waals surface area (Å²) in [5.41, 5.74) is 1.05. The van der Waals surface area contributed by atoms with Gasteiger partial charge < -0.3 is 4.42 Å². The van der Waals surface area contributed by atoms with Crippen LogP contribution in [-0.4, -0.2) is 10.6 Å². The van der Waals surface area contributed by atoms with Gasteiger partial charge in [-0.3, -0.25) is 4.79 Å². The number of alkyl halides is 2. The van der Waals surface area contributed by atoms with Crippen LogP contribution in [0.1, 0.15) is 26.7 Å². The third kappa shape index (κ3) is 2.93. The number of hydrogen-bond acceptors (Lipinski definition) is 2. The lowest BCUT2D eigenvalue weighted by Gasteiger charge is -2.14. The maximum Gasteiger partial charge on any atom is 0.213 e.